The van der Waals surface area contributed by atoms with Gasteiger partial charge in [0.05, 0.1) is 11.6 Å². The van der Waals surface area contributed by atoms with E-state index in [9.17, 15) is 0 Å². The van der Waals surface area contributed by atoms with E-state index < -0.39 is 0 Å². The topological polar surface area (TPSA) is 63.0 Å². The third-order valence-corrected chi connectivity index (χ3v) is 5.32. The first kappa shape index (κ1) is 17.9. The number of hydrogen-bond donors (Lipinski definition) is 0. The van der Waals surface area contributed by atoms with Crippen LogP contribution in [0.2, 0.25) is 0 Å². The van der Waals surface area contributed by atoms with E-state index in [0.29, 0.717) is 5.82 Å². The first-order valence-electron chi connectivity index (χ1n) is 9.76. The molecule has 0 atom stereocenters. The Morgan fingerprint density at radius 3 is 2.52 bits per heavy atom. The van der Waals surface area contributed by atoms with Gasteiger partial charge in [-0.15, -0.1) is 0 Å². The van der Waals surface area contributed by atoms with Crippen LogP contribution in [-0.4, -0.2) is 62.9 Å². The largest absolute Gasteiger partial charge is 0.358 e. The lowest BCUT2D eigenvalue weighted by Gasteiger charge is -2.25. The molecule has 0 saturated carbocycles. The first-order valence-corrected chi connectivity index (χ1v) is 9.76. The Hall–Kier alpha value is -2.54. The maximum absolute atomic E-state index is 4.88. The maximum Gasteiger partial charge on any atom is 0.164 e. The average molecular weight is 365 g/mol. The van der Waals surface area contributed by atoms with Gasteiger partial charge < -0.3 is 9.80 Å². The second-order valence-corrected chi connectivity index (χ2v) is 7.29. The van der Waals surface area contributed by atoms with Gasteiger partial charge in [-0.05, 0) is 38.1 Å². The van der Waals surface area contributed by atoms with Gasteiger partial charge in [-0.2, -0.15) is 5.10 Å². The van der Waals surface area contributed by atoms with Crippen molar-refractivity contribution in [1.82, 2.24) is 29.6 Å². The number of rotatable bonds is 5. The highest BCUT2D eigenvalue weighted by Crippen LogP contribution is 2.26. The molecule has 0 spiro atoms. The highest BCUT2D eigenvalue weighted by molar-refractivity contribution is 5.88. The summed E-state index contributed by atoms with van der Waals surface area (Å²) in [4.78, 5) is 18.5. The standard InChI is InChI=1S/C20H27N7/c1-25(13-14-27-11-5-3-4-6-12-27)19-17-15-22-26(2)20(17)24-18(23-19)16-7-9-21-10-8-16/h7-10,15H,3-6,11-14H2,1-2H3. The van der Waals surface area contributed by atoms with Crippen LogP contribution in [0, 0.1) is 0 Å². The fraction of sp³-hybridized carbons (Fsp3) is 0.500. The number of nitrogens with zero attached hydrogens (tertiary/aromatic N) is 7. The molecular weight excluding hydrogens is 338 g/mol. The quantitative estimate of drug-likeness (QED) is 0.693. The molecule has 0 aromatic carbocycles. The van der Waals surface area contributed by atoms with E-state index in [1.165, 1.54) is 38.8 Å². The Labute approximate surface area is 160 Å². The van der Waals surface area contributed by atoms with Crippen LogP contribution in [0.25, 0.3) is 22.4 Å². The Kier molecular flexibility index (Phi) is 5.29. The smallest absolute Gasteiger partial charge is 0.164 e. The van der Waals surface area contributed by atoms with E-state index in [1.54, 1.807) is 12.4 Å². The number of pyridine rings is 1. The molecule has 3 aromatic rings. The summed E-state index contributed by atoms with van der Waals surface area (Å²) >= 11 is 0. The van der Waals surface area contributed by atoms with Gasteiger partial charge in [0, 0.05) is 45.1 Å². The van der Waals surface area contributed by atoms with Crippen LogP contribution in [0.5, 0.6) is 0 Å². The molecule has 142 valence electrons. The summed E-state index contributed by atoms with van der Waals surface area (Å²) in [6, 6.07) is 3.89. The zero-order valence-corrected chi connectivity index (χ0v) is 16.2. The third kappa shape index (κ3) is 3.93. The van der Waals surface area contributed by atoms with E-state index in [4.69, 9.17) is 9.97 Å². The summed E-state index contributed by atoms with van der Waals surface area (Å²) in [5.74, 6) is 1.65. The molecular formula is C20H27N7. The SMILES string of the molecule is CN(CCN1CCCCCC1)c1nc(-c2ccncc2)nc2c1cnn2C. The molecule has 0 radical (unpaired) electrons. The second kappa shape index (κ2) is 8.00. The van der Waals surface area contributed by atoms with Crippen LogP contribution in [0.4, 0.5) is 5.82 Å². The number of likely N-dealkylation sites (N-methyl/N-ethyl adjacent to an activating group) is 1. The first-order chi connectivity index (χ1) is 13.2. The van der Waals surface area contributed by atoms with Crippen LogP contribution in [-0.2, 0) is 7.05 Å². The molecule has 7 heteroatoms. The van der Waals surface area contributed by atoms with Crippen LogP contribution in [0.15, 0.2) is 30.7 Å². The number of hydrogen-bond acceptors (Lipinski definition) is 6. The molecule has 0 aliphatic carbocycles. The van der Waals surface area contributed by atoms with Gasteiger partial charge in [0.1, 0.15) is 5.82 Å². The molecule has 0 amide bonds. The van der Waals surface area contributed by atoms with Gasteiger partial charge in [-0.1, -0.05) is 12.8 Å². The number of likely N-dealkylation sites (tertiary alicyclic amines) is 1. The number of aryl methyl sites for hydroxylation is 1. The van der Waals surface area contributed by atoms with E-state index in [0.717, 1.165) is 35.5 Å². The Morgan fingerprint density at radius 2 is 1.78 bits per heavy atom. The minimum atomic E-state index is 0.713. The fourth-order valence-corrected chi connectivity index (χ4v) is 3.69. The predicted octanol–water partition coefficient (Wildman–Crippen LogP) is 2.74. The summed E-state index contributed by atoms with van der Waals surface area (Å²) in [7, 11) is 4.04. The van der Waals surface area contributed by atoms with Crippen LogP contribution in [0.1, 0.15) is 25.7 Å². The predicted molar refractivity (Wildman–Crippen MR) is 108 cm³/mol. The van der Waals surface area contributed by atoms with Crippen molar-refractivity contribution < 1.29 is 0 Å². The van der Waals surface area contributed by atoms with E-state index in [2.05, 4.69) is 26.9 Å². The molecule has 1 aliphatic rings. The molecule has 0 bridgehead atoms. The van der Waals surface area contributed by atoms with Crippen molar-refractivity contribution in [3.63, 3.8) is 0 Å². The zero-order valence-electron chi connectivity index (χ0n) is 16.2. The highest BCUT2D eigenvalue weighted by atomic mass is 15.3. The van der Waals surface area contributed by atoms with Crippen molar-refractivity contribution in [3.8, 4) is 11.4 Å². The average Bonchev–Trinajstić information content (AvgIpc) is 2.91. The van der Waals surface area contributed by atoms with E-state index >= 15 is 0 Å². The summed E-state index contributed by atoms with van der Waals surface area (Å²) in [6.45, 7) is 4.42. The number of aromatic nitrogens is 5. The Balaban J connectivity index is 1.61. The van der Waals surface area contributed by atoms with Gasteiger partial charge >= 0.3 is 0 Å². The second-order valence-electron chi connectivity index (χ2n) is 7.29. The number of anilines is 1. The van der Waals surface area contributed by atoms with Crippen molar-refractivity contribution in [3.05, 3.63) is 30.7 Å². The molecule has 1 aliphatic heterocycles. The molecule has 1 saturated heterocycles. The van der Waals surface area contributed by atoms with Crippen molar-refractivity contribution >= 4 is 16.9 Å². The Morgan fingerprint density at radius 1 is 1.04 bits per heavy atom. The van der Waals surface area contributed by atoms with Gasteiger partial charge in [0.15, 0.2) is 11.5 Å². The highest BCUT2D eigenvalue weighted by Gasteiger charge is 2.17. The summed E-state index contributed by atoms with van der Waals surface area (Å²) < 4.78 is 1.81. The Bertz CT molecular complexity index is 882. The summed E-state index contributed by atoms with van der Waals surface area (Å²) in [5, 5.41) is 5.39. The molecule has 3 aromatic heterocycles. The van der Waals surface area contributed by atoms with Crippen molar-refractivity contribution in [2.24, 2.45) is 7.05 Å². The fourth-order valence-electron chi connectivity index (χ4n) is 3.69. The van der Waals surface area contributed by atoms with Crippen molar-refractivity contribution in [2.45, 2.75) is 25.7 Å². The molecule has 27 heavy (non-hydrogen) atoms. The van der Waals surface area contributed by atoms with Crippen LogP contribution < -0.4 is 4.90 Å². The molecule has 4 heterocycles. The molecule has 0 N–H and O–H groups in total. The summed E-state index contributed by atoms with van der Waals surface area (Å²) in [5.41, 5.74) is 1.82. The lowest BCUT2D eigenvalue weighted by atomic mass is 10.2. The van der Waals surface area contributed by atoms with E-state index in [1.807, 2.05) is 30.1 Å². The van der Waals surface area contributed by atoms with Gasteiger partial charge in [0.25, 0.3) is 0 Å². The van der Waals surface area contributed by atoms with E-state index in [-0.39, 0.29) is 0 Å². The van der Waals surface area contributed by atoms with Gasteiger partial charge in [-0.3, -0.25) is 9.67 Å². The van der Waals surface area contributed by atoms with Gasteiger partial charge in [0.2, 0.25) is 0 Å². The minimum Gasteiger partial charge on any atom is -0.358 e. The molecule has 1 fully saturated rings. The molecule has 4 rings (SSSR count). The van der Waals surface area contributed by atoms with Crippen LogP contribution in [0.3, 0.4) is 0 Å². The normalized spacial score (nSPS) is 15.8. The molecule has 7 nitrogen and oxygen atoms in total. The van der Waals surface area contributed by atoms with Crippen molar-refractivity contribution in [2.75, 3.05) is 38.1 Å². The van der Waals surface area contributed by atoms with Crippen LogP contribution >= 0.6 is 0 Å². The monoisotopic (exact) mass is 365 g/mol. The minimum absolute atomic E-state index is 0.713. The lowest BCUT2D eigenvalue weighted by Crippen LogP contribution is -2.34. The third-order valence-electron chi connectivity index (χ3n) is 5.32. The van der Waals surface area contributed by atoms with Crippen molar-refractivity contribution in [1.29, 1.82) is 0 Å². The maximum atomic E-state index is 4.88. The molecule has 0 unspecified atom stereocenters. The van der Waals surface area contributed by atoms with Gasteiger partial charge in [-0.25, -0.2) is 9.97 Å². The lowest BCUT2D eigenvalue weighted by molar-refractivity contribution is 0.291. The zero-order chi connectivity index (χ0) is 18.6. The number of fused-ring (bicyclic) bond motifs is 1. The summed E-state index contributed by atoms with van der Waals surface area (Å²) in [6.07, 6.45) is 10.8.